The van der Waals surface area contributed by atoms with Gasteiger partial charge in [0.2, 0.25) is 5.91 Å². The van der Waals surface area contributed by atoms with Crippen molar-refractivity contribution in [1.29, 1.82) is 0 Å². The van der Waals surface area contributed by atoms with Gasteiger partial charge in [0.05, 0.1) is 5.92 Å². The Hall–Kier alpha value is -0.830. The Kier molecular flexibility index (Phi) is 3.80. The largest absolute Gasteiger partial charge is 0.364 e. The van der Waals surface area contributed by atoms with Gasteiger partial charge in [0.15, 0.2) is 0 Å². The lowest BCUT2D eigenvalue weighted by molar-refractivity contribution is -0.125. The van der Waals surface area contributed by atoms with Gasteiger partial charge in [-0.15, -0.1) is 0 Å². The predicted molar refractivity (Wildman–Crippen MR) is 46.5 cm³/mol. The maximum absolute atomic E-state index is 11.3. The summed E-state index contributed by atoms with van der Waals surface area (Å²) in [5.41, 5.74) is 0. The van der Waals surface area contributed by atoms with Crippen LogP contribution >= 0.6 is 0 Å². The average molecular weight is 169 g/mol. The molecule has 1 rings (SSSR count). The highest BCUT2D eigenvalue weighted by Crippen LogP contribution is 2.16. The van der Waals surface area contributed by atoms with Crippen LogP contribution in [0.1, 0.15) is 19.3 Å². The van der Waals surface area contributed by atoms with Crippen LogP contribution in [0, 0.1) is 5.92 Å². The monoisotopic (exact) mass is 169 g/mol. The van der Waals surface area contributed by atoms with Crippen molar-refractivity contribution in [2.24, 2.45) is 5.92 Å². The first-order valence-corrected chi connectivity index (χ1v) is 4.28. The Bertz CT molecular complexity index is 177. The number of allylic oxidation sites excluding steroid dienone is 1. The van der Waals surface area contributed by atoms with Crippen molar-refractivity contribution in [2.75, 3.05) is 13.8 Å². The Balaban J connectivity index is 2.30. The van der Waals surface area contributed by atoms with Crippen molar-refractivity contribution < 1.29 is 9.53 Å². The van der Waals surface area contributed by atoms with Crippen molar-refractivity contribution >= 4 is 5.91 Å². The minimum atomic E-state index is 0.0638. The molecule has 0 bridgehead atoms. The Morgan fingerprint density at radius 2 is 2.58 bits per heavy atom. The molecule has 0 aromatic carbocycles. The fraction of sp³-hybridized carbons (Fsp3) is 0.667. The highest BCUT2D eigenvalue weighted by Gasteiger charge is 2.15. The van der Waals surface area contributed by atoms with E-state index >= 15 is 0 Å². The van der Waals surface area contributed by atoms with Gasteiger partial charge >= 0.3 is 0 Å². The summed E-state index contributed by atoms with van der Waals surface area (Å²) in [6.45, 7) is 0.309. The summed E-state index contributed by atoms with van der Waals surface area (Å²) < 4.78 is 4.75. The quantitative estimate of drug-likeness (QED) is 0.507. The summed E-state index contributed by atoms with van der Waals surface area (Å²) >= 11 is 0. The molecule has 1 aliphatic rings. The molecule has 0 radical (unpaired) electrons. The number of carbonyl (C=O) groups excluding carboxylic acids is 1. The van der Waals surface area contributed by atoms with Gasteiger partial charge in [-0.1, -0.05) is 12.2 Å². The van der Waals surface area contributed by atoms with Crippen molar-refractivity contribution in [2.45, 2.75) is 19.3 Å². The number of carbonyl (C=O) groups is 1. The molecule has 0 fully saturated rings. The van der Waals surface area contributed by atoms with E-state index in [0.29, 0.717) is 6.73 Å². The van der Waals surface area contributed by atoms with E-state index in [1.165, 1.54) is 0 Å². The summed E-state index contributed by atoms with van der Waals surface area (Å²) in [6.07, 6.45) is 7.23. The summed E-state index contributed by atoms with van der Waals surface area (Å²) in [5, 5.41) is 2.69. The number of rotatable bonds is 3. The van der Waals surface area contributed by atoms with Crippen LogP contribution in [0.4, 0.5) is 0 Å². The predicted octanol–water partition coefficient (Wildman–Crippen LogP) is 1.06. The number of amides is 1. The molecule has 0 aromatic heterocycles. The number of methoxy groups -OCH3 is 1. The minimum absolute atomic E-state index is 0.0638. The van der Waals surface area contributed by atoms with Gasteiger partial charge in [0.1, 0.15) is 6.73 Å². The van der Waals surface area contributed by atoms with Crippen LogP contribution in [-0.4, -0.2) is 19.7 Å². The van der Waals surface area contributed by atoms with Crippen molar-refractivity contribution in [1.82, 2.24) is 5.32 Å². The number of ether oxygens (including phenoxy) is 1. The summed E-state index contributed by atoms with van der Waals surface area (Å²) in [6, 6.07) is 0. The van der Waals surface area contributed by atoms with Gasteiger partial charge in [-0.25, -0.2) is 0 Å². The van der Waals surface area contributed by atoms with E-state index in [0.717, 1.165) is 19.3 Å². The third kappa shape index (κ3) is 2.66. The van der Waals surface area contributed by atoms with Crippen LogP contribution in [-0.2, 0) is 9.53 Å². The third-order valence-electron chi connectivity index (χ3n) is 1.98. The fourth-order valence-electron chi connectivity index (χ4n) is 1.31. The van der Waals surface area contributed by atoms with Crippen LogP contribution in [0.25, 0.3) is 0 Å². The first-order valence-electron chi connectivity index (χ1n) is 4.28. The van der Waals surface area contributed by atoms with Gasteiger partial charge in [-0.3, -0.25) is 4.79 Å². The highest BCUT2D eigenvalue weighted by atomic mass is 16.5. The molecule has 3 heteroatoms. The van der Waals surface area contributed by atoms with E-state index < -0.39 is 0 Å². The smallest absolute Gasteiger partial charge is 0.228 e. The van der Waals surface area contributed by atoms with Crippen molar-refractivity contribution in [3.05, 3.63) is 12.2 Å². The molecular weight excluding hydrogens is 154 g/mol. The van der Waals surface area contributed by atoms with Crippen molar-refractivity contribution in [3.8, 4) is 0 Å². The molecule has 68 valence electrons. The lowest BCUT2D eigenvalue weighted by Crippen LogP contribution is -2.31. The first kappa shape index (κ1) is 9.26. The molecule has 0 spiro atoms. The SMILES string of the molecule is COCNC(=O)C1C=CCCC1. The zero-order valence-corrected chi connectivity index (χ0v) is 7.38. The molecule has 12 heavy (non-hydrogen) atoms. The normalized spacial score (nSPS) is 22.2. The van der Waals surface area contributed by atoms with Crippen LogP contribution in [0.15, 0.2) is 12.2 Å². The number of hydrogen-bond acceptors (Lipinski definition) is 2. The molecule has 0 saturated carbocycles. The topological polar surface area (TPSA) is 38.3 Å². The van der Waals surface area contributed by atoms with E-state index in [9.17, 15) is 4.79 Å². The standard InChI is InChI=1S/C9H15NO2/c1-12-7-10-9(11)8-5-3-2-4-6-8/h3,5,8H,2,4,6-7H2,1H3,(H,10,11). The van der Waals surface area contributed by atoms with Crippen LogP contribution in [0.3, 0.4) is 0 Å². The van der Waals surface area contributed by atoms with Crippen LogP contribution in [0.2, 0.25) is 0 Å². The molecule has 0 heterocycles. The Morgan fingerprint density at radius 3 is 3.17 bits per heavy atom. The second-order valence-corrected chi connectivity index (χ2v) is 2.94. The van der Waals surface area contributed by atoms with E-state index in [1.807, 2.05) is 6.08 Å². The molecule has 1 unspecified atom stereocenters. The number of hydrogen-bond donors (Lipinski definition) is 1. The highest BCUT2D eigenvalue weighted by molar-refractivity contribution is 5.80. The molecule has 1 N–H and O–H groups in total. The maximum atomic E-state index is 11.3. The summed E-state index contributed by atoms with van der Waals surface area (Å²) in [4.78, 5) is 11.3. The molecule has 0 aliphatic heterocycles. The minimum Gasteiger partial charge on any atom is -0.364 e. The Morgan fingerprint density at radius 1 is 1.75 bits per heavy atom. The van der Waals surface area contributed by atoms with E-state index in [-0.39, 0.29) is 11.8 Å². The lowest BCUT2D eigenvalue weighted by Gasteiger charge is -2.15. The maximum Gasteiger partial charge on any atom is 0.228 e. The zero-order valence-electron chi connectivity index (χ0n) is 7.38. The molecule has 0 saturated heterocycles. The van der Waals surface area contributed by atoms with Crippen LogP contribution in [0.5, 0.6) is 0 Å². The van der Waals surface area contributed by atoms with Crippen molar-refractivity contribution in [3.63, 3.8) is 0 Å². The van der Waals surface area contributed by atoms with E-state index in [1.54, 1.807) is 7.11 Å². The second kappa shape index (κ2) is 4.93. The van der Waals surface area contributed by atoms with Gasteiger partial charge in [-0.05, 0) is 19.3 Å². The molecular formula is C9H15NO2. The van der Waals surface area contributed by atoms with E-state index in [2.05, 4.69) is 11.4 Å². The fourth-order valence-corrected chi connectivity index (χ4v) is 1.31. The van der Waals surface area contributed by atoms with Gasteiger partial charge in [0, 0.05) is 7.11 Å². The second-order valence-electron chi connectivity index (χ2n) is 2.94. The first-order chi connectivity index (χ1) is 5.84. The van der Waals surface area contributed by atoms with E-state index in [4.69, 9.17) is 4.74 Å². The molecule has 1 aliphatic carbocycles. The molecule has 1 amide bonds. The lowest BCUT2D eigenvalue weighted by atomic mass is 9.95. The number of nitrogens with one attached hydrogen (secondary N) is 1. The Labute approximate surface area is 72.8 Å². The van der Waals surface area contributed by atoms with Gasteiger partial charge in [-0.2, -0.15) is 0 Å². The molecule has 3 nitrogen and oxygen atoms in total. The third-order valence-corrected chi connectivity index (χ3v) is 1.98. The summed E-state index contributed by atoms with van der Waals surface area (Å²) in [5.74, 6) is 0.140. The molecule has 1 atom stereocenters. The molecule has 0 aromatic rings. The summed E-state index contributed by atoms with van der Waals surface area (Å²) in [7, 11) is 1.57. The van der Waals surface area contributed by atoms with Crippen LogP contribution < -0.4 is 5.32 Å². The van der Waals surface area contributed by atoms with Gasteiger partial charge < -0.3 is 10.1 Å². The van der Waals surface area contributed by atoms with Gasteiger partial charge in [0.25, 0.3) is 0 Å². The average Bonchev–Trinajstić information content (AvgIpc) is 2.15. The zero-order chi connectivity index (χ0) is 8.81.